The Morgan fingerprint density at radius 3 is 2.62 bits per heavy atom. The molecule has 0 amide bonds. The van der Waals surface area contributed by atoms with E-state index in [1.54, 1.807) is 7.11 Å². The van der Waals surface area contributed by atoms with Gasteiger partial charge in [-0.3, -0.25) is 4.98 Å². The Hall–Kier alpha value is -0.890. The maximum absolute atomic E-state index is 5.10. The lowest BCUT2D eigenvalue weighted by molar-refractivity contribution is 0.179. The number of rotatable bonds is 2. The third kappa shape index (κ3) is 2.52. The van der Waals surface area contributed by atoms with Gasteiger partial charge >= 0.3 is 0 Å². The molecular formula is C11H17NO. The molecule has 1 rings (SSSR count). The van der Waals surface area contributed by atoms with Crippen LogP contribution in [0, 0.1) is 0 Å². The highest BCUT2D eigenvalue weighted by Gasteiger charge is 2.17. The lowest BCUT2D eigenvalue weighted by Crippen LogP contribution is -2.15. The summed E-state index contributed by atoms with van der Waals surface area (Å²) >= 11 is 0. The molecule has 0 aliphatic heterocycles. The molecule has 0 unspecified atom stereocenters. The third-order valence-electron chi connectivity index (χ3n) is 1.98. The van der Waals surface area contributed by atoms with Gasteiger partial charge in [-0.15, -0.1) is 0 Å². The first-order valence-electron chi connectivity index (χ1n) is 4.49. The number of ether oxygens (including phenoxy) is 1. The molecule has 13 heavy (non-hydrogen) atoms. The van der Waals surface area contributed by atoms with Gasteiger partial charge in [0, 0.05) is 13.3 Å². The summed E-state index contributed by atoms with van der Waals surface area (Å²) in [4.78, 5) is 4.31. The van der Waals surface area contributed by atoms with Gasteiger partial charge in [0.05, 0.1) is 12.3 Å². The van der Waals surface area contributed by atoms with E-state index in [0.29, 0.717) is 6.61 Å². The van der Waals surface area contributed by atoms with Crippen molar-refractivity contribution in [3.05, 3.63) is 29.6 Å². The lowest BCUT2D eigenvalue weighted by atomic mass is 9.86. The molecule has 0 radical (unpaired) electrons. The smallest absolute Gasteiger partial charge is 0.0887 e. The zero-order valence-corrected chi connectivity index (χ0v) is 8.79. The van der Waals surface area contributed by atoms with E-state index in [1.807, 2.05) is 12.3 Å². The Kier molecular flexibility index (Phi) is 3.04. The lowest BCUT2D eigenvalue weighted by Gasteiger charge is -2.21. The minimum Gasteiger partial charge on any atom is -0.378 e. The van der Waals surface area contributed by atoms with Gasteiger partial charge in [0.15, 0.2) is 0 Å². The van der Waals surface area contributed by atoms with Crippen molar-refractivity contribution in [2.24, 2.45) is 0 Å². The van der Waals surface area contributed by atoms with E-state index in [0.717, 1.165) is 5.69 Å². The summed E-state index contributed by atoms with van der Waals surface area (Å²) in [5.41, 5.74) is 2.44. The molecule has 72 valence electrons. The van der Waals surface area contributed by atoms with Crippen LogP contribution in [0.15, 0.2) is 18.3 Å². The van der Waals surface area contributed by atoms with E-state index in [9.17, 15) is 0 Å². The van der Waals surface area contributed by atoms with Crippen LogP contribution in [0.3, 0.4) is 0 Å². The van der Waals surface area contributed by atoms with Crippen LogP contribution in [0.4, 0.5) is 0 Å². The number of hydrogen-bond donors (Lipinski definition) is 0. The maximum atomic E-state index is 5.10. The summed E-state index contributed by atoms with van der Waals surface area (Å²) in [6, 6.07) is 4.08. The zero-order chi connectivity index (χ0) is 9.90. The van der Waals surface area contributed by atoms with Gasteiger partial charge in [0.25, 0.3) is 0 Å². The SMILES string of the molecule is COCc1ncccc1C(C)(C)C. The minimum atomic E-state index is 0.141. The van der Waals surface area contributed by atoms with Gasteiger partial charge in [-0.1, -0.05) is 26.8 Å². The van der Waals surface area contributed by atoms with Crippen LogP contribution in [-0.4, -0.2) is 12.1 Å². The molecule has 0 aliphatic rings. The highest BCUT2D eigenvalue weighted by atomic mass is 16.5. The predicted octanol–water partition coefficient (Wildman–Crippen LogP) is 2.53. The van der Waals surface area contributed by atoms with E-state index in [2.05, 4.69) is 31.8 Å². The molecule has 0 saturated heterocycles. The van der Waals surface area contributed by atoms with Gasteiger partial charge in [-0.2, -0.15) is 0 Å². The third-order valence-corrected chi connectivity index (χ3v) is 1.98. The van der Waals surface area contributed by atoms with Gasteiger partial charge in [-0.05, 0) is 17.0 Å². The molecule has 0 saturated carbocycles. The van der Waals surface area contributed by atoms with Gasteiger partial charge < -0.3 is 4.74 Å². The molecular weight excluding hydrogens is 162 g/mol. The van der Waals surface area contributed by atoms with Crippen molar-refractivity contribution in [2.45, 2.75) is 32.8 Å². The monoisotopic (exact) mass is 179 g/mol. The van der Waals surface area contributed by atoms with Gasteiger partial charge in [-0.25, -0.2) is 0 Å². The first-order valence-corrected chi connectivity index (χ1v) is 4.49. The number of nitrogens with zero attached hydrogens (tertiary/aromatic N) is 1. The zero-order valence-electron chi connectivity index (χ0n) is 8.79. The Bertz CT molecular complexity index is 276. The topological polar surface area (TPSA) is 22.1 Å². The molecule has 2 nitrogen and oxygen atoms in total. The maximum Gasteiger partial charge on any atom is 0.0887 e. The average Bonchev–Trinajstić information content (AvgIpc) is 2.04. The van der Waals surface area contributed by atoms with Crippen molar-refractivity contribution in [3.63, 3.8) is 0 Å². The predicted molar refractivity (Wildman–Crippen MR) is 53.7 cm³/mol. The van der Waals surface area contributed by atoms with E-state index in [4.69, 9.17) is 4.74 Å². The van der Waals surface area contributed by atoms with Crippen LogP contribution in [-0.2, 0) is 16.8 Å². The van der Waals surface area contributed by atoms with Crippen LogP contribution in [0.1, 0.15) is 32.0 Å². The Morgan fingerprint density at radius 1 is 1.38 bits per heavy atom. The normalized spacial score (nSPS) is 11.7. The van der Waals surface area contributed by atoms with Gasteiger partial charge in [0.2, 0.25) is 0 Å². The molecule has 0 fully saturated rings. The molecule has 0 aromatic carbocycles. The standard InChI is InChI=1S/C11H17NO/c1-11(2,3)9-6-5-7-12-10(9)8-13-4/h5-7H,8H2,1-4H3. The fourth-order valence-corrected chi connectivity index (χ4v) is 1.37. The first-order chi connectivity index (χ1) is 6.05. The summed E-state index contributed by atoms with van der Waals surface area (Å²) in [6.45, 7) is 7.14. The second-order valence-corrected chi connectivity index (χ2v) is 4.18. The summed E-state index contributed by atoms with van der Waals surface area (Å²) in [5.74, 6) is 0. The molecule has 1 heterocycles. The number of pyridine rings is 1. The van der Waals surface area contributed by atoms with Crippen molar-refractivity contribution in [1.82, 2.24) is 4.98 Å². The summed E-state index contributed by atoms with van der Waals surface area (Å²) in [6.07, 6.45) is 1.81. The van der Waals surface area contributed by atoms with Crippen LogP contribution < -0.4 is 0 Å². The minimum absolute atomic E-state index is 0.141. The molecule has 1 aromatic heterocycles. The van der Waals surface area contributed by atoms with Crippen molar-refractivity contribution in [1.29, 1.82) is 0 Å². The summed E-state index contributed by atoms with van der Waals surface area (Å²) < 4.78 is 5.10. The Morgan fingerprint density at radius 2 is 2.08 bits per heavy atom. The Labute approximate surface area is 80.0 Å². The number of hydrogen-bond acceptors (Lipinski definition) is 2. The molecule has 0 aliphatic carbocycles. The van der Waals surface area contributed by atoms with Crippen LogP contribution >= 0.6 is 0 Å². The fraction of sp³-hybridized carbons (Fsp3) is 0.545. The van der Waals surface area contributed by atoms with Crippen molar-refractivity contribution < 1.29 is 4.74 Å². The van der Waals surface area contributed by atoms with Crippen LogP contribution in [0.2, 0.25) is 0 Å². The number of methoxy groups -OCH3 is 1. The average molecular weight is 179 g/mol. The molecule has 0 atom stereocenters. The quantitative estimate of drug-likeness (QED) is 0.696. The fourth-order valence-electron chi connectivity index (χ4n) is 1.37. The highest BCUT2D eigenvalue weighted by molar-refractivity contribution is 5.26. The molecule has 0 bridgehead atoms. The van der Waals surface area contributed by atoms with Gasteiger partial charge in [0.1, 0.15) is 0 Å². The van der Waals surface area contributed by atoms with E-state index in [-0.39, 0.29) is 5.41 Å². The number of aromatic nitrogens is 1. The van der Waals surface area contributed by atoms with E-state index >= 15 is 0 Å². The van der Waals surface area contributed by atoms with Crippen LogP contribution in [0.5, 0.6) is 0 Å². The second kappa shape index (κ2) is 3.88. The van der Waals surface area contributed by atoms with E-state index in [1.165, 1.54) is 5.56 Å². The first kappa shape index (κ1) is 10.2. The van der Waals surface area contributed by atoms with E-state index < -0.39 is 0 Å². The van der Waals surface area contributed by atoms with Crippen LogP contribution in [0.25, 0.3) is 0 Å². The molecule has 0 N–H and O–H groups in total. The summed E-state index contributed by atoms with van der Waals surface area (Å²) in [5, 5.41) is 0. The second-order valence-electron chi connectivity index (χ2n) is 4.18. The Balaban J connectivity index is 3.05. The molecule has 2 heteroatoms. The molecule has 0 spiro atoms. The van der Waals surface area contributed by atoms with Crippen molar-refractivity contribution in [3.8, 4) is 0 Å². The largest absolute Gasteiger partial charge is 0.378 e. The van der Waals surface area contributed by atoms with Crippen molar-refractivity contribution in [2.75, 3.05) is 7.11 Å². The highest BCUT2D eigenvalue weighted by Crippen LogP contribution is 2.24. The van der Waals surface area contributed by atoms with Crippen molar-refractivity contribution >= 4 is 0 Å². The molecule has 1 aromatic rings. The summed E-state index contributed by atoms with van der Waals surface area (Å²) in [7, 11) is 1.70.